The molecule has 0 heterocycles. The Morgan fingerprint density at radius 2 is 1.76 bits per heavy atom. The van der Waals surface area contributed by atoms with Gasteiger partial charge < -0.3 is 5.32 Å². The molecule has 1 nitrogen and oxygen atoms in total. The summed E-state index contributed by atoms with van der Waals surface area (Å²) < 4.78 is 2.26. The molecule has 0 aliphatic carbocycles. The van der Waals surface area contributed by atoms with Crippen LogP contribution in [0, 0.1) is 11.8 Å². The summed E-state index contributed by atoms with van der Waals surface area (Å²) in [5, 5.41) is 3.59. The van der Waals surface area contributed by atoms with Crippen molar-refractivity contribution < 1.29 is 0 Å². The van der Waals surface area contributed by atoms with Crippen LogP contribution in [0.1, 0.15) is 39.3 Å². The van der Waals surface area contributed by atoms with E-state index in [0.717, 1.165) is 21.4 Å². The average Bonchev–Trinajstić information content (AvgIpc) is 2.25. The molecule has 0 bridgehead atoms. The van der Waals surface area contributed by atoms with Crippen molar-refractivity contribution in [2.24, 2.45) is 11.8 Å². The summed E-state index contributed by atoms with van der Waals surface area (Å²) in [6.07, 6.45) is 0. The lowest BCUT2D eigenvalue weighted by Crippen LogP contribution is -2.27. The lowest BCUT2D eigenvalue weighted by molar-refractivity contribution is 0.375. The van der Waals surface area contributed by atoms with Gasteiger partial charge in [-0.15, -0.1) is 0 Å². The van der Waals surface area contributed by atoms with Crippen LogP contribution in [0.15, 0.2) is 27.1 Å². The normalized spacial score (nSPS) is 15.0. The van der Waals surface area contributed by atoms with E-state index in [2.05, 4.69) is 83.1 Å². The summed E-state index contributed by atoms with van der Waals surface area (Å²) in [7, 11) is 0. The fraction of sp³-hybridized carbons (Fsp3) is 0.571. The number of halogens is 2. The van der Waals surface area contributed by atoms with Crippen molar-refractivity contribution in [1.82, 2.24) is 5.32 Å². The molecule has 0 amide bonds. The van der Waals surface area contributed by atoms with Crippen LogP contribution in [0.5, 0.6) is 0 Å². The molecule has 0 radical (unpaired) electrons. The van der Waals surface area contributed by atoms with E-state index >= 15 is 0 Å². The maximum absolute atomic E-state index is 3.61. The molecular weight excluding hydrogens is 342 g/mol. The maximum Gasteiger partial charge on any atom is 0.0303 e. The van der Waals surface area contributed by atoms with E-state index in [0.29, 0.717) is 12.0 Å². The van der Waals surface area contributed by atoms with Crippen molar-refractivity contribution >= 4 is 31.9 Å². The molecule has 1 rings (SSSR count). The van der Waals surface area contributed by atoms with E-state index < -0.39 is 0 Å². The van der Waals surface area contributed by atoms with Crippen molar-refractivity contribution in [3.05, 3.63) is 32.7 Å². The second-order valence-corrected chi connectivity index (χ2v) is 6.79. The van der Waals surface area contributed by atoms with E-state index in [1.165, 1.54) is 5.56 Å². The first-order valence-corrected chi connectivity index (χ1v) is 7.68. The summed E-state index contributed by atoms with van der Waals surface area (Å²) in [4.78, 5) is 0. The quantitative estimate of drug-likeness (QED) is 0.763. The summed E-state index contributed by atoms with van der Waals surface area (Å²) >= 11 is 7.09. The fourth-order valence-corrected chi connectivity index (χ4v) is 2.95. The van der Waals surface area contributed by atoms with Crippen molar-refractivity contribution in [2.45, 2.75) is 33.7 Å². The van der Waals surface area contributed by atoms with Gasteiger partial charge in [0.1, 0.15) is 0 Å². The van der Waals surface area contributed by atoms with E-state index in [-0.39, 0.29) is 0 Å². The molecule has 3 heteroatoms. The Morgan fingerprint density at radius 3 is 2.29 bits per heavy atom. The molecule has 1 N–H and O–H groups in total. The maximum atomic E-state index is 3.61. The van der Waals surface area contributed by atoms with E-state index in [4.69, 9.17) is 0 Å². The topological polar surface area (TPSA) is 12.0 Å². The first-order valence-electron chi connectivity index (χ1n) is 6.10. The summed E-state index contributed by atoms with van der Waals surface area (Å²) in [5.41, 5.74) is 1.31. The van der Waals surface area contributed by atoms with Crippen LogP contribution >= 0.6 is 31.9 Å². The van der Waals surface area contributed by atoms with Gasteiger partial charge in [0.05, 0.1) is 0 Å². The number of nitrogens with one attached hydrogen (secondary N) is 1. The van der Waals surface area contributed by atoms with Crippen LogP contribution < -0.4 is 5.32 Å². The highest BCUT2D eigenvalue weighted by molar-refractivity contribution is 9.11. The van der Waals surface area contributed by atoms with Gasteiger partial charge in [0.2, 0.25) is 0 Å². The fourth-order valence-electron chi connectivity index (χ4n) is 1.56. The second kappa shape index (κ2) is 6.91. The van der Waals surface area contributed by atoms with Crippen LogP contribution in [-0.4, -0.2) is 6.54 Å². The molecule has 2 atom stereocenters. The number of hydrogen-bond donors (Lipinski definition) is 1. The van der Waals surface area contributed by atoms with Gasteiger partial charge in [-0.3, -0.25) is 0 Å². The Hall–Kier alpha value is 0.140. The molecule has 1 aromatic carbocycles. The van der Waals surface area contributed by atoms with Gasteiger partial charge in [-0.1, -0.05) is 58.7 Å². The minimum absolute atomic E-state index is 0.374. The average molecular weight is 363 g/mol. The minimum atomic E-state index is 0.374. The van der Waals surface area contributed by atoms with Gasteiger partial charge >= 0.3 is 0 Å². The van der Waals surface area contributed by atoms with Gasteiger partial charge in [0, 0.05) is 15.0 Å². The predicted molar refractivity (Wildman–Crippen MR) is 82.3 cm³/mol. The third-order valence-corrected chi connectivity index (χ3v) is 4.49. The number of rotatable bonds is 5. The SMILES string of the molecule is CC(NCC(C)C(C)C)c1ccc(Br)cc1Br. The summed E-state index contributed by atoms with van der Waals surface area (Å²) in [5.74, 6) is 1.43. The summed E-state index contributed by atoms with van der Waals surface area (Å²) in [6, 6.07) is 6.72. The largest absolute Gasteiger partial charge is 0.310 e. The smallest absolute Gasteiger partial charge is 0.0303 e. The standard InChI is InChI=1S/C14H21Br2N/c1-9(2)10(3)8-17-11(4)13-6-5-12(15)7-14(13)16/h5-7,9-11,17H,8H2,1-4H3. The Labute approximate surface area is 122 Å². The highest BCUT2D eigenvalue weighted by atomic mass is 79.9. The molecule has 1 aromatic rings. The Morgan fingerprint density at radius 1 is 1.12 bits per heavy atom. The Bertz CT molecular complexity index is 363. The molecule has 0 saturated heterocycles. The molecule has 96 valence electrons. The molecule has 0 aliphatic heterocycles. The Balaban J connectivity index is 2.61. The third kappa shape index (κ3) is 4.72. The van der Waals surface area contributed by atoms with Crippen molar-refractivity contribution in [3.8, 4) is 0 Å². The Kier molecular flexibility index (Phi) is 6.18. The molecule has 0 spiro atoms. The first kappa shape index (κ1) is 15.2. The van der Waals surface area contributed by atoms with Crippen LogP contribution in [0.4, 0.5) is 0 Å². The zero-order valence-corrected chi connectivity index (χ0v) is 14.1. The number of benzene rings is 1. The lowest BCUT2D eigenvalue weighted by atomic mass is 9.97. The zero-order chi connectivity index (χ0) is 13.0. The van der Waals surface area contributed by atoms with Gasteiger partial charge in [0.25, 0.3) is 0 Å². The van der Waals surface area contributed by atoms with Crippen LogP contribution in [0.25, 0.3) is 0 Å². The highest BCUT2D eigenvalue weighted by Crippen LogP contribution is 2.27. The molecule has 0 aliphatic rings. The molecule has 0 saturated carbocycles. The lowest BCUT2D eigenvalue weighted by Gasteiger charge is -2.21. The summed E-state index contributed by atoms with van der Waals surface area (Å²) in [6.45, 7) is 10.1. The van der Waals surface area contributed by atoms with Crippen molar-refractivity contribution in [2.75, 3.05) is 6.54 Å². The number of hydrogen-bond acceptors (Lipinski definition) is 1. The monoisotopic (exact) mass is 361 g/mol. The van der Waals surface area contributed by atoms with Gasteiger partial charge in [-0.2, -0.15) is 0 Å². The molecule has 17 heavy (non-hydrogen) atoms. The minimum Gasteiger partial charge on any atom is -0.310 e. The highest BCUT2D eigenvalue weighted by Gasteiger charge is 2.12. The molecule has 0 fully saturated rings. The second-order valence-electron chi connectivity index (χ2n) is 5.02. The first-order chi connectivity index (χ1) is 7.91. The third-order valence-electron chi connectivity index (χ3n) is 3.31. The predicted octanol–water partition coefficient (Wildman–Crippen LogP) is 5.15. The van der Waals surface area contributed by atoms with Gasteiger partial charge in [-0.05, 0) is 43.0 Å². The van der Waals surface area contributed by atoms with Crippen LogP contribution in [-0.2, 0) is 0 Å². The van der Waals surface area contributed by atoms with E-state index in [1.54, 1.807) is 0 Å². The van der Waals surface area contributed by atoms with Crippen LogP contribution in [0.3, 0.4) is 0 Å². The zero-order valence-electron chi connectivity index (χ0n) is 10.9. The van der Waals surface area contributed by atoms with Crippen molar-refractivity contribution in [3.63, 3.8) is 0 Å². The van der Waals surface area contributed by atoms with E-state index in [1.807, 2.05) is 0 Å². The molecule has 0 aromatic heterocycles. The van der Waals surface area contributed by atoms with Crippen molar-refractivity contribution in [1.29, 1.82) is 0 Å². The van der Waals surface area contributed by atoms with E-state index in [9.17, 15) is 0 Å². The van der Waals surface area contributed by atoms with Crippen LogP contribution in [0.2, 0.25) is 0 Å². The molecular formula is C14H21Br2N. The van der Waals surface area contributed by atoms with Gasteiger partial charge in [0.15, 0.2) is 0 Å². The van der Waals surface area contributed by atoms with Gasteiger partial charge in [-0.25, -0.2) is 0 Å². The molecule has 2 unspecified atom stereocenters.